The zero-order chi connectivity index (χ0) is 18.1. The van der Waals surface area contributed by atoms with Gasteiger partial charge in [0.2, 0.25) is 0 Å². The van der Waals surface area contributed by atoms with E-state index in [1.165, 1.54) is 12.1 Å². The van der Waals surface area contributed by atoms with Crippen LogP contribution >= 0.6 is 0 Å². The summed E-state index contributed by atoms with van der Waals surface area (Å²) in [4.78, 5) is 11.1. The van der Waals surface area contributed by atoms with Gasteiger partial charge in [-0.25, -0.2) is 13.1 Å². The number of aliphatic hydroxyl groups excluding tert-OH is 5. The molecular formula is C13H17NO9S. The maximum Gasteiger partial charge on any atom is 0.266 e. The second kappa shape index (κ2) is 7.11. The first kappa shape index (κ1) is 18.7. The minimum Gasteiger partial charge on any atom is -0.394 e. The Morgan fingerprint density at radius 1 is 1.04 bits per heavy atom. The highest BCUT2D eigenvalue weighted by atomic mass is 32.2. The van der Waals surface area contributed by atoms with Gasteiger partial charge in [-0.3, -0.25) is 4.79 Å². The first-order valence-electron chi connectivity index (χ1n) is 6.84. The average Bonchev–Trinajstić information content (AvgIpc) is 2.79. The summed E-state index contributed by atoms with van der Waals surface area (Å²) in [6.07, 6.45) is -7.04. The van der Waals surface area contributed by atoms with Crippen molar-refractivity contribution >= 4 is 15.9 Å². The largest absolute Gasteiger partial charge is 0.394 e. The molecule has 134 valence electrons. The number of aliphatic hydroxyl groups is 5. The zero-order valence-electron chi connectivity index (χ0n) is 12.2. The molecule has 1 amide bonds. The van der Waals surface area contributed by atoms with Gasteiger partial charge in [0.25, 0.3) is 15.9 Å². The van der Waals surface area contributed by atoms with E-state index in [1.807, 2.05) is 4.72 Å². The number of sulfonamides is 1. The predicted octanol–water partition coefficient (Wildman–Crippen LogP) is -3.10. The Labute approximate surface area is 137 Å². The van der Waals surface area contributed by atoms with Crippen LogP contribution in [0.15, 0.2) is 29.2 Å². The number of nitrogens with one attached hydrogen (secondary N) is 1. The summed E-state index contributed by atoms with van der Waals surface area (Å²) in [6, 6.07) is 6.09. The van der Waals surface area contributed by atoms with Crippen molar-refractivity contribution < 1.29 is 43.5 Å². The monoisotopic (exact) mass is 363 g/mol. The molecule has 0 aliphatic carbocycles. The van der Waals surface area contributed by atoms with E-state index in [2.05, 4.69) is 4.74 Å². The molecule has 1 fully saturated rings. The van der Waals surface area contributed by atoms with Crippen molar-refractivity contribution in [3.05, 3.63) is 29.8 Å². The Hall–Kier alpha value is -1.60. The van der Waals surface area contributed by atoms with E-state index in [1.54, 1.807) is 12.1 Å². The number of rotatable bonds is 1. The SMILES string of the molecule is O=C1NS(=O)(=O)c2ccccc21.OCC1OC(O)C(O)C(O)C1O. The number of hydrogen-bond donors (Lipinski definition) is 6. The molecule has 10 nitrogen and oxygen atoms in total. The Balaban J connectivity index is 0.000000174. The van der Waals surface area contributed by atoms with E-state index in [9.17, 15) is 13.2 Å². The Bertz CT molecular complexity index is 702. The highest BCUT2D eigenvalue weighted by Gasteiger charge is 2.42. The Morgan fingerprint density at radius 2 is 1.67 bits per heavy atom. The van der Waals surface area contributed by atoms with E-state index in [0.29, 0.717) is 0 Å². The van der Waals surface area contributed by atoms with Gasteiger partial charge in [0.1, 0.15) is 29.3 Å². The van der Waals surface area contributed by atoms with Gasteiger partial charge in [0.15, 0.2) is 6.29 Å². The van der Waals surface area contributed by atoms with Crippen LogP contribution in [-0.4, -0.2) is 77.2 Å². The summed E-state index contributed by atoms with van der Waals surface area (Å²) >= 11 is 0. The number of fused-ring (bicyclic) bond motifs is 1. The standard InChI is InChI=1S/C7H5NO3S.C6H12O6/c9-7-5-3-1-2-4-6(5)12(10,11)8-7;7-1-2-3(8)4(9)5(10)6(11)12-2/h1-4H,(H,8,9);2-11H,1H2. The number of ether oxygens (including phenoxy) is 1. The van der Waals surface area contributed by atoms with Crippen LogP contribution in [0.25, 0.3) is 0 Å². The van der Waals surface area contributed by atoms with Gasteiger partial charge < -0.3 is 30.3 Å². The topological polar surface area (TPSA) is 174 Å². The van der Waals surface area contributed by atoms with Crippen LogP contribution in [0.2, 0.25) is 0 Å². The molecule has 24 heavy (non-hydrogen) atoms. The maximum atomic E-state index is 11.1. The Morgan fingerprint density at radius 3 is 2.25 bits per heavy atom. The van der Waals surface area contributed by atoms with Gasteiger partial charge in [0, 0.05) is 0 Å². The first-order valence-corrected chi connectivity index (χ1v) is 8.32. The molecule has 0 saturated carbocycles. The third-order valence-electron chi connectivity index (χ3n) is 3.52. The molecule has 2 aliphatic heterocycles. The molecule has 1 aromatic carbocycles. The van der Waals surface area contributed by atoms with E-state index in [4.69, 9.17) is 25.5 Å². The molecular weight excluding hydrogens is 346 g/mol. The summed E-state index contributed by atoms with van der Waals surface area (Å²) in [5.74, 6) is -0.550. The number of amides is 1. The Kier molecular flexibility index (Phi) is 5.55. The third-order valence-corrected chi connectivity index (χ3v) is 4.90. The molecule has 5 atom stereocenters. The van der Waals surface area contributed by atoms with Gasteiger partial charge in [-0.1, -0.05) is 12.1 Å². The summed E-state index contributed by atoms with van der Waals surface area (Å²) in [7, 11) is -3.55. The van der Waals surface area contributed by atoms with Crippen molar-refractivity contribution in [3.8, 4) is 0 Å². The van der Waals surface area contributed by atoms with Crippen LogP contribution in [-0.2, 0) is 14.8 Å². The minimum atomic E-state index is -3.55. The molecule has 0 spiro atoms. The van der Waals surface area contributed by atoms with Crippen LogP contribution in [0.4, 0.5) is 0 Å². The smallest absolute Gasteiger partial charge is 0.266 e. The molecule has 2 heterocycles. The lowest BCUT2D eigenvalue weighted by Crippen LogP contribution is -2.58. The van der Waals surface area contributed by atoms with Crippen molar-refractivity contribution in [1.29, 1.82) is 0 Å². The fourth-order valence-electron chi connectivity index (χ4n) is 2.20. The molecule has 6 N–H and O–H groups in total. The molecule has 1 aromatic rings. The van der Waals surface area contributed by atoms with Crippen LogP contribution < -0.4 is 4.72 Å². The van der Waals surface area contributed by atoms with Crippen molar-refractivity contribution in [2.75, 3.05) is 6.61 Å². The predicted molar refractivity (Wildman–Crippen MR) is 77.1 cm³/mol. The lowest BCUT2D eigenvalue weighted by atomic mass is 10.00. The average molecular weight is 363 g/mol. The third kappa shape index (κ3) is 3.57. The normalized spacial score (nSPS) is 33.9. The van der Waals surface area contributed by atoms with Crippen LogP contribution in [0, 0.1) is 0 Å². The van der Waals surface area contributed by atoms with E-state index < -0.39 is 53.2 Å². The summed E-state index contributed by atoms with van der Waals surface area (Å²) in [5, 5.41) is 44.7. The molecule has 0 bridgehead atoms. The molecule has 1 saturated heterocycles. The van der Waals surface area contributed by atoms with Gasteiger partial charge in [-0.05, 0) is 12.1 Å². The van der Waals surface area contributed by atoms with E-state index >= 15 is 0 Å². The van der Waals surface area contributed by atoms with Gasteiger partial charge in [-0.15, -0.1) is 0 Å². The molecule has 5 unspecified atom stereocenters. The quantitative estimate of drug-likeness (QED) is 0.302. The number of carbonyl (C=O) groups excluding carboxylic acids is 1. The second-order valence-corrected chi connectivity index (χ2v) is 6.80. The highest BCUT2D eigenvalue weighted by molar-refractivity contribution is 7.90. The van der Waals surface area contributed by atoms with Gasteiger partial charge >= 0.3 is 0 Å². The van der Waals surface area contributed by atoms with E-state index in [-0.39, 0.29) is 10.5 Å². The van der Waals surface area contributed by atoms with Crippen molar-refractivity contribution in [3.63, 3.8) is 0 Å². The fraction of sp³-hybridized carbons (Fsp3) is 0.462. The number of carbonyl (C=O) groups is 1. The molecule has 2 aliphatic rings. The molecule has 11 heteroatoms. The number of hydrogen-bond acceptors (Lipinski definition) is 9. The van der Waals surface area contributed by atoms with Crippen molar-refractivity contribution in [1.82, 2.24) is 4.72 Å². The van der Waals surface area contributed by atoms with Gasteiger partial charge in [-0.2, -0.15) is 0 Å². The second-order valence-electron chi connectivity index (χ2n) is 5.15. The lowest BCUT2D eigenvalue weighted by molar-refractivity contribution is -0.286. The highest BCUT2D eigenvalue weighted by Crippen LogP contribution is 2.21. The summed E-state index contributed by atoms with van der Waals surface area (Å²) in [5.41, 5.74) is 0.220. The summed E-state index contributed by atoms with van der Waals surface area (Å²) in [6.45, 7) is -0.526. The molecule has 0 aromatic heterocycles. The van der Waals surface area contributed by atoms with Crippen LogP contribution in [0.5, 0.6) is 0 Å². The van der Waals surface area contributed by atoms with Crippen LogP contribution in [0.1, 0.15) is 10.4 Å². The fourth-order valence-corrected chi connectivity index (χ4v) is 3.37. The molecule has 3 rings (SSSR count). The number of benzene rings is 1. The van der Waals surface area contributed by atoms with Crippen molar-refractivity contribution in [2.24, 2.45) is 0 Å². The summed E-state index contributed by atoms with van der Waals surface area (Å²) < 4.78 is 28.7. The lowest BCUT2D eigenvalue weighted by Gasteiger charge is -2.37. The van der Waals surface area contributed by atoms with E-state index in [0.717, 1.165) is 0 Å². The van der Waals surface area contributed by atoms with Crippen LogP contribution in [0.3, 0.4) is 0 Å². The minimum absolute atomic E-state index is 0.0648. The van der Waals surface area contributed by atoms with Gasteiger partial charge in [0.05, 0.1) is 12.2 Å². The zero-order valence-corrected chi connectivity index (χ0v) is 13.0. The maximum absolute atomic E-state index is 11.1. The van der Waals surface area contributed by atoms with Crippen molar-refractivity contribution in [2.45, 2.75) is 35.6 Å². The first-order chi connectivity index (χ1) is 11.2. The molecule has 0 radical (unpaired) electrons.